The SMILES string of the molecule is Cc1ccc(C(C)C)cc1S(=O)(=O)[N-]c1ccccn1. The molecule has 0 fully saturated rings. The molecule has 0 unspecified atom stereocenters. The second-order valence-corrected chi connectivity index (χ2v) is 6.51. The van der Waals surface area contributed by atoms with Crippen LogP contribution < -0.4 is 0 Å². The van der Waals surface area contributed by atoms with E-state index in [1.54, 1.807) is 31.2 Å². The van der Waals surface area contributed by atoms with Gasteiger partial charge in [-0.25, -0.2) is 8.42 Å². The van der Waals surface area contributed by atoms with Gasteiger partial charge in [0.15, 0.2) is 0 Å². The van der Waals surface area contributed by atoms with E-state index < -0.39 is 10.0 Å². The highest BCUT2D eigenvalue weighted by molar-refractivity contribution is 7.94. The first-order valence-corrected chi connectivity index (χ1v) is 7.84. The van der Waals surface area contributed by atoms with Crippen molar-refractivity contribution < 1.29 is 8.42 Å². The van der Waals surface area contributed by atoms with Crippen molar-refractivity contribution in [1.82, 2.24) is 4.98 Å². The standard InChI is InChI=1S/C15H17N2O2S/c1-11(2)13-8-7-12(3)14(10-13)20(18,19)17-15-6-4-5-9-16-15/h4-11H,1-3H3/q-1. The van der Waals surface area contributed by atoms with Gasteiger partial charge in [0, 0.05) is 0 Å². The fourth-order valence-corrected chi connectivity index (χ4v) is 3.05. The Balaban J connectivity index is 2.41. The number of rotatable bonds is 4. The molecule has 0 amide bonds. The number of pyridine rings is 1. The van der Waals surface area contributed by atoms with E-state index in [-0.39, 0.29) is 16.6 Å². The van der Waals surface area contributed by atoms with Crippen LogP contribution in [-0.4, -0.2) is 13.4 Å². The van der Waals surface area contributed by atoms with Crippen molar-refractivity contribution in [3.63, 3.8) is 0 Å². The fraction of sp³-hybridized carbons (Fsp3) is 0.267. The molecule has 1 aromatic heterocycles. The van der Waals surface area contributed by atoms with Crippen molar-refractivity contribution in [3.05, 3.63) is 58.4 Å². The van der Waals surface area contributed by atoms with Crippen LogP contribution in [0, 0.1) is 6.92 Å². The Bertz CT molecular complexity index is 695. The number of hydrogen-bond donors (Lipinski definition) is 0. The molecule has 2 aromatic rings. The van der Waals surface area contributed by atoms with E-state index in [0.29, 0.717) is 5.56 Å². The predicted molar refractivity (Wildman–Crippen MR) is 79.7 cm³/mol. The number of aryl methyl sites for hydroxylation is 1. The number of hydrogen-bond acceptors (Lipinski definition) is 3. The second-order valence-electron chi connectivity index (χ2n) is 4.93. The summed E-state index contributed by atoms with van der Waals surface area (Å²) in [5.74, 6) is 0.459. The molecule has 106 valence electrons. The second kappa shape index (κ2) is 5.63. The van der Waals surface area contributed by atoms with Gasteiger partial charge in [-0.05, 0) is 35.9 Å². The summed E-state index contributed by atoms with van der Waals surface area (Å²) in [5.41, 5.74) is 1.67. The summed E-state index contributed by atoms with van der Waals surface area (Å²) in [6, 6.07) is 10.5. The van der Waals surface area contributed by atoms with Crippen LogP contribution in [0.5, 0.6) is 0 Å². The number of aromatic nitrogens is 1. The third kappa shape index (κ3) is 3.17. The van der Waals surface area contributed by atoms with Crippen LogP contribution in [0.15, 0.2) is 47.5 Å². The Kier molecular flexibility index (Phi) is 4.09. The maximum atomic E-state index is 12.4. The number of nitrogens with zero attached hydrogens (tertiary/aromatic N) is 2. The summed E-state index contributed by atoms with van der Waals surface area (Å²) in [4.78, 5) is 4.18. The monoisotopic (exact) mass is 289 g/mol. The van der Waals surface area contributed by atoms with Crippen molar-refractivity contribution in [2.24, 2.45) is 0 Å². The van der Waals surface area contributed by atoms with Crippen LogP contribution in [0.3, 0.4) is 0 Å². The lowest BCUT2D eigenvalue weighted by molar-refractivity contribution is 0.602. The van der Waals surface area contributed by atoms with Crippen LogP contribution in [0.4, 0.5) is 5.82 Å². The van der Waals surface area contributed by atoms with Crippen molar-refractivity contribution in [2.45, 2.75) is 31.6 Å². The molecule has 0 bridgehead atoms. The molecule has 0 radical (unpaired) electrons. The van der Waals surface area contributed by atoms with Crippen LogP contribution in [0.2, 0.25) is 0 Å². The summed E-state index contributed by atoms with van der Waals surface area (Å²) in [6.45, 7) is 5.82. The Hall–Kier alpha value is -1.88. The third-order valence-electron chi connectivity index (χ3n) is 3.02. The van der Waals surface area contributed by atoms with Crippen LogP contribution >= 0.6 is 0 Å². The van der Waals surface area contributed by atoms with Gasteiger partial charge in [-0.2, -0.15) is 0 Å². The molecule has 0 aliphatic rings. The molecule has 0 N–H and O–H groups in total. The summed E-state index contributed by atoms with van der Waals surface area (Å²) >= 11 is 0. The summed E-state index contributed by atoms with van der Waals surface area (Å²) < 4.78 is 28.6. The molecular formula is C15H17N2O2S-. The molecule has 5 heteroatoms. The molecule has 20 heavy (non-hydrogen) atoms. The van der Waals surface area contributed by atoms with Gasteiger partial charge >= 0.3 is 0 Å². The lowest BCUT2D eigenvalue weighted by atomic mass is 10.0. The zero-order valence-electron chi connectivity index (χ0n) is 11.7. The highest BCUT2D eigenvalue weighted by atomic mass is 32.2. The molecule has 1 aromatic carbocycles. The van der Waals surface area contributed by atoms with Gasteiger partial charge in [0.2, 0.25) is 10.0 Å². The Labute approximate surface area is 119 Å². The average molecular weight is 289 g/mol. The molecule has 0 aliphatic carbocycles. The summed E-state index contributed by atoms with van der Waals surface area (Å²) in [7, 11) is -3.74. The average Bonchev–Trinajstić information content (AvgIpc) is 2.39. The molecule has 1 heterocycles. The van der Waals surface area contributed by atoms with Gasteiger partial charge in [-0.3, -0.25) is 0 Å². The van der Waals surface area contributed by atoms with E-state index >= 15 is 0 Å². The molecule has 0 spiro atoms. The van der Waals surface area contributed by atoms with Crippen LogP contribution in [0.1, 0.15) is 30.9 Å². The largest absolute Gasteiger partial charge is 0.442 e. The zero-order chi connectivity index (χ0) is 14.8. The summed E-state index contributed by atoms with van der Waals surface area (Å²) in [5, 5.41) is 0. The highest BCUT2D eigenvalue weighted by Crippen LogP contribution is 2.29. The lowest BCUT2D eigenvalue weighted by Gasteiger charge is -2.17. The number of benzene rings is 1. The van der Waals surface area contributed by atoms with E-state index in [9.17, 15) is 8.42 Å². The normalized spacial score (nSPS) is 11.6. The fourth-order valence-electron chi connectivity index (χ4n) is 1.83. The maximum Gasteiger partial charge on any atom is 0.202 e. The van der Waals surface area contributed by atoms with Crippen molar-refractivity contribution in [3.8, 4) is 0 Å². The van der Waals surface area contributed by atoms with Crippen molar-refractivity contribution >= 4 is 15.8 Å². The van der Waals surface area contributed by atoms with Gasteiger partial charge in [-0.15, -0.1) is 0 Å². The highest BCUT2D eigenvalue weighted by Gasteiger charge is 2.14. The van der Waals surface area contributed by atoms with Gasteiger partial charge in [0.1, 0.15) is 0 Å². The lowest BCUT2D eigenvalue weighted by Crippen LogP contribution is -2.03. The minimum absolute atomic E-state index is 0.196. The first-order chi connectivity index (χ1) is 9.40. The Morgan fingerprint density at radius 3 is 2.50 bits per heavy atom. The van der Waals surface area contributed by atoms with Gasteiger partial charge in [0.05, 0.1) is 4.90 Å². The van der Waals surface area contributed by atoms with E-state index in [1.807, 2.05) is 26.0 Å². The molecule has 0 aliphatic heterocycles. The summed E-state index contributed by atoms with van der Waals surface area (Å²) in [6.07, 6.45) is 1.52. The van der Waals surface area contributed by atoms with Crippen molar-refractivity contribution in [1.29, 1.82) is 0 Å². The minimum Gasteiger partial charge on any atom is -0.442 e. The molecular weight excluding hydrogens is 272 g/mol. The predicted octanol–water partition coefficient (Wildman–Crippen LogP) is 3.91. The van der Waals surface area contributed by atoms with E-state index in [2.05, 4.69) is 9.71 Å². The molecule has 4 nitrogen and oxygen atoms in total. The first-order valence-electron chi connectivity index (χ1n) is 6.40. The molecule has 0 saturated heterocycles. The topological polar surface area (TPSA) is 61.1 Å². The molecule has 0 atom stereocenters. The van der Waals surface area contributed by atoms with Gasteiger partial charge in [0.25, 0.3) is 0 Å². The van der Waals surface area contributed by atoms with Crippen LogP contribution in [0.25, 0.3) is 4.72 Å². The number of sulfonamides is 1. The Morgan fingerprint density at radius 1 is 1.15 bits per heavy atom. The van der Waals surface area contributed by atoms with Gasteiger partial charge < -0.3 is 9.71 Å². The quantitative estimate of drug-likeness (QED) is 0.857. The van der Waals surface area contributed by atoms with Crippen molar-refractivity contribution in [2.75, 3.05) is 0 Å². The third-order valence-corrected chi connectivity index (χ3v) is 4.44. The van der Waals surface area contributed by atoms with E-state index in [4.69, 9.17) is 0 Å². The minimum atomic E-state index is -3.74. The zero-order valence-corrected chi connectivity index (χ0v) is 12.6. The van der Waals surface area contributed by atoms with E-state index in [0.717, 1.165) is 5.56 Å². The molecule has 2 rings (SSSR count). The van der Waals surface area contributed by atoms with E-state index in [1.165, 1.54) is 6.20 Å². The van der Waals surface area contributed by atoms with Gasteiger partial charge in [-0.1, -0.05) is 50.4 Å². The smallest absolute Gasteiger partial charge is 0.202 e. The maximum absolute atomic E-state index is 12.4. The Morgan fingerprint density at radius 2 is 1.90 bits per heavy atom. The molecule has 0 saturated carbocycles. The first kappa shape index (κ1) is 14.5. The van der Waals surface area contributed by atoms with Crippen LogP contribution in [-0.2, 0) is 10.0 Å².